The lowest BCUT2D eigenvalue weighted by Crippen LogP contribution is -2.38. The van der Waals surface area contributed by atoms with Crippen LogP contribution in [0.25, 0.3) is 0 Å². The third kappa shape index (κ3) is 3.87. The number of H-pyrrole nitrogens is 1. The van der Waals surface area contributed by atoms with Crippen LogP contribution in [0.15, 0.2) is 6.20 Å². The topological polar surface area (TPSA) is 73.0 Å². The van der Waals surface area contributed by atoms with E-state index in [2.05, 4.69) is 25.7 Å². The molecule has 3 rings (SSSR count). The van der Waals surface area contributed by atoms with E-state index in [1.807, 2.05) is 0 Å². The zero-order valence-electron chi connectivity index (χ0n) is 13.2. The molecule has 1 aromatic rings. The summed E-state index contributed by atoms with van der Waals surface area (Å²) in [6.07, 6.45) is 7.72. The van der Waals surface area contributed by atoms with Gasteiger partial charge in [-0.05, 0) is 51.9 Å². The van der Waals surface area contributed by atoms with Gasteiger partial charge in [0.05, 0.1) is 17.5 Å². The van der Waals surface area contributed by atoms with Gasteiger partial charge in [0.2, 0.25) is 0 Å². The number of hydrogen-bond donors (Lipinski definition) is 3. The lowest BCUT2D eigenvalue weighted by Gasteiger charge is -2.26. The van der Waals surface area contributed by atoms with Crippen LogP contribution in [0.2, 0.25) is 0 Å². The Morgan fingerprint density at radius 1 is 1.27 bits per heavy atom. The van der Waals surface area contributed by atoms with Gasteiger partial charge in [0.1, 0.15) is 0 Å². The molecule has 2 aliphatic rings. The molecular weight excluding hydrogens is 278 g/mol. The Kier molecular flexibility index (Phi) is 5.45. The van der Waals surface area contributed by atoms with E-state index in [1.54, 1.807) is 6.20 Å². The first kappa shape index (κ1) is 15.5. The van der Waals surface area contributed by atoms with Crippen molar-refractivity contribution in [3.05, 3.63) is 17.5 Å². The zero-order valence-corrected chi connectivity index (χ0v) is 13.2. The molecule has 2 fully saturated rings. The maximum absolute atomic E-state index is 12.4. The molecular formula is C16H27N5O. The summed E-state index contributed by atoms with van der Waals surface area (Å²) in [6.45, 7) is 6.03. The van der Waals surface area contributed by atoms with E-state index in [9.17, 15) is 4.79 Å². The van der Waals surface area contributed by atoms with Crippen molar-refractivity contribution in [2.24, 2.45) is 0 Å². The molecule has 0 aliphatic carbocycles. The lowest BCUT2D eigenvalue weighted by molar-refractivity contribution is 0.0945. The minimum Gasteiger partial charge on any atom is -0.351 e. The monoisotopic (exact) mass is 305 g/mol. The third-order valence-electron chi connectivity index (χ3n) is 4.82. The Labute approximate surface area is 132 Å². The minimum absolute atomic E-state index is 0.0132. The van der Waals surface area contributed by atoms with E-state index in [1.165, 1.54) is 32.4 Å². The molecule has 6 nitrogen and oxygen atoms in total. The molecule has 6 heteroatoms. The van der Waals surface area contributed by atoms with Crippen LogP contribution in [0.4, 0.5) is 0 Å². The van der Waals surface area contributed by atoms with Gasteiger partial charge in [0, 0.05) is 19.0 Å². The third-order valence-corrected chi connectivity index (χ3v) is 4.82. The number of carbonyl (C=O) groups excluding carboxylic acids is 1. The Hall–Kier alpha value is -1.40. The number of nitrogens with one attached hydrogen (secondary N) is 3. The van der Waals surface area contributed by atoms with Crippen molar-refractivity contribution in [1.29, 1.82) is 0 Å². The number of likely N-dealkylation sites (tertiary alicyclic amines) is 1. The zero-order chi connectivity index (χ0) is 15.2. The first-order valence-electron chi connectivity index (χ1n) is 8.59. The molecule has 3 N–H and O–H groups in total. The maximum atomic E-state index is 12.4. The van der Waals surface area contributed by atoms with Gasteiger partial charge in [-0.1, -0.05) is 6.42 Å². The molecule has 2 aliphatic heterocycles. The summed E-state index contributed by atoms with van der Waals surface area (Å²) in [7, 11) is 0. The van der Waals surface area contributed by atoms with Gasteiger partial charge >= 0.3 is 0 Å². The minimum atomic E-state index is 0.0132. The first-order chi connectivity index (χ1) is 10.8. The predicted molar refractivity (Wildman–Crippen MR) is 86.1 cm³/mol. The van der Waals surface area contributed by atoms with E-state index in [0.29, 0.717) is 5.92 Å². The number of rotatable bonds is 5. The molecule has 0 radical (unpaired) electrons. The average Bonchev–Trinajstić information content (AvgIpc) is 3.06. The van der Waals surface area contributed by atoms with Crippen molar-refractivity contribution >= 4 is 5.91 Å². The van der Waals surface area contributed by atoms with E-state index in [-0.39, 0.29) is 5.91 Å². The van der Waals surface area contributed by atoms with Crippen molar-refractivity contribution in [2.75, 3.05) is 39.3 Å². The van der Waals surface area contributed by atoms with E-state index in [0.717, 1.165) is 50.3 Å². The fourth-order valence-corrected chi connectivity index (χ4v) is 3.50. The first-order valence-corrected chi connectivity index (χ1v) is 8.59. The average molecular weight is 305 g/mol. The molecule has 1 aromatic heterocycles. The lowest BCUT2D eigenvalue weighted by atomic mass is 9.92. The van der Waals surface area contributed by atoms with Gasteiger partial charge < -0.3 is 15.5 Å². The van der Waals surface area contributed by atoms with Gasteiger partial charge in [-0.2, -0.15) is 5.10 Å². The molecule has 1 amide bonds. The predicted octanol–water partition coefficient (Wildman–Crippen LogP) is 1.09. The number of nitrogens with zero attached hydrogens (tertiary/aromatic N) is 2. The number of hydrogen-bond acceptors (Lipinski definition) is 4. The Morgan fingerprint density at radius 2 is 2.05 bits per heavy atom. The highest BCUT2D eigenvalue weighted by molar-refractivity contribution is 5.95. The number of aromatic amines is 1. The van der Waals surface area contributed by atoms with E-state index in [4.69, 9.17) is 0 Å². The van der Waals surface area contributed by atoms with Crippen LogP contribution in [0, 0.1) is 0 Å². The smallest absolute Gasteiger partial charge is 0.254 e. The summed E-state index contributed by atoms with van der Waals surface area (Å²) in [5.74, 6) is 0.436. The van der Waals surface area contributed by atoms with Crippen LogP contribution in [-0.4, -0.2) is 60.3 Å². The van der Waals surface area contributed by atoms with Crippen molar-refractivity contribution in [3.63, 3.8) is 0 Å². The molecule has 3 heterocycles. The highest BCUT2D eigenvalue weighted by Gasteiger charge is 2.23. The van der Waals surface area contributed by atoms with Crippen LogP contribution in [0.5, 0.6) is 0 Å². The fourth-order valence-electron chi connectivity index (χ4n) is 3.50. The molecule has 0 saturated carbocycles. The highest BCUT2D eigenvalue weighted by Crippen LogP contribution is 2.26. The molecule has 2 saturated heterocycles. The van der Waals surface area contributed by atoms with Crippen LogP contribution < -0.4 is 10.6 Å². The van der Waals surface area contributed by atoms with Crippen molar-refractivity contribution in [1.82, 2.24) is 25.7 Å². The van der Waals surface area contributed by atoms with Gasteiger partial charge in [0.25, 0.3) is 5.91 Å². The quantitative estimate of drug-likeness (QED) is 0.761. The summed E-state index contributed by atoms with van der Waals surface area (Å²) in [6, 6.07) is 0. The summed E-state index contributed by atoms with van der Waals surface area (Å²) < 4.78 is 0. The molecule has 0 aromatic carbocycles. The summed E-state index contributed by atoms with van der Waals surface area (Å²) in [4.78, 5) is 14.8. The summed E-state index contributed by atoms with van der Waals surface area (Å²) in [5, 5.41) is 13.6. The molecule has 0 spiro atoms. The van der Waals surface area contributed by atoms with Crippen LogP contribution >= 0.6 is 0 Å². The molecule has 0 unspecified atom stereocenters. The standard InChI is InChI=1S/C16H27N5O/c22-16(18-8-11-21-9-2-1-3-10-21)14-12-19-20-15(14)13-4-6-17-7-5-13/h12-13,17H,1-11H2,(H,18,22)(H,19,20). The Bertz CT molecular complexity index is 475. The maximum Gasteiger partial charge on any atom is 0.254 e. The molecule has 22 heavy (non-hydrogen) atoms. The summed E-state index contributed by atoms with van der Waals surface area (Å²) >= 11 is 0. The van der Waals surface area contributed by atoms with Crippen molar-refractivity contribution in [3.8, 4) is 0 Å². The largest absolute Gasteiger partial charge is 0.351 e. The second kappa shape index (κ2) is 7.74. The van der Waals surface area contributed by atoms with Crippen molar-refractivity contribution in [2.45, 2.75) is 38.0 Å². The highest BCUT2D eigenvalue weighted by atomic mass is 16.1. The number of aromatic nitrogens is 2. The molecule has 0 bridgehead atoms. The normalized spacial score (nSPS) is 20.9. The summed E-state index contributed by atoms with van der Waals surface area (Å²) in [5.41, 5.74) is 1.74. The van der Waals surface area contributed by atoms with Crippen LogP contribution in [0.3, 0.4) is 0 Å². The number of amides is 1. The van der Waals surface area contributed by atoms with E-state index >= 15 is 0 Å². The number of piperidine rings is 2. The Morgan fingerprint density at radius 3 is 2.82 bits per heavy atom. The molecule has 0 atom stereocenters. The SMILES string of the molecule is O=C(NCCN1CCCCC1)c1cn[nH]c1C1CCNCC1. The van der Waals surface area contributed by atoms with E-state index < -0.39 is 0 Å². The molecule has 122 valence electrons. The van der Waals surface area contributed by atoms with Gasteiger partial charge in [0.15, 0.2) is 0 Å². The number of carbonyl (C=O) groups is 1. The van der Waals surface area contributed by atoms with Crippen molar-refractivity contribution < 1.29 is 4.79 Å². The Balaban J connectivity index is 1.50. The second-order valence-electron chi connectivity index (χ2n) is 6.38. The van der Waals surface area contributed by atoms with Crippen LogP contribution in [-0.2, 0) is 0 Å². The second-order valence-corrected chi connectivity index (χ2v) is 6.38. The fraction of sp³-hybridized carbons (Fsp3) is 0.750. The van der Waals surface area contributed by atoms with Gasteiger partial charge in [-0.3, -0.25) is 9.89 Å². The van der Waals surface area contributed by atoms with Gasteiger partial charge in [-0.25, -0.2) is 0 Å². The van der Waals surface area contributed by atoms with Gasteiger partial charge in [-0.15, -0.1) is 0 Å². The van der Waals surface area contributed by atoms with Crippen LogP contribution in [0.1, 0.15) is 54.1 Å².